The van der Waals surface area contributed by atoms with Gasteiger partial charge in [0.25, 0.3) is 0 Å². The maximum absolute atomic E-state index is 12.8. The fourth-order valence-corrected chi connectivity index (χ4v) is 7.89. The van der Waals surface area contributed by atoms with Gasteiger partial charge in [0.1, 0.15) is 5.54 Å². The Labute approximate surface area is 176 Å². The van der Waals surface area contributed by atoms with Gasteiger partial charge in [-0.25, -0.2) is 8.42 Å². The van der Waals surface area contributed by atoms with Crippen LogP contribution in [0.3, 0.4) is 0 Å². The zero-order valence-corrected chi connectivity index (χ0v) is 18.4. The van der Waals surface area contributed by atoms with E-state index >= 15 is 0 Å². The third-order valence-electron chi connectivity index (χ3n) is 7.81. The minimum Gasteiger partial charge on any atom is -0.368 e. The highest BCUT2D eigenvalue weighted by Crippen LogP contribution is 2.43. The maximum atomic E-state index is 12.8. The molecule has 2 N–H and O–H groups in total. The third-order valence-corrected chi connectivity index (χ3v) is 9.86. The lowest BCUT2D eigenvalue weighted by Crippen LogP contribution is -2.60. The molecular weight excluding hydrogens is 388 g/mol. The highest BCUT2D eigenvalue weighted by atomic mass is 32.2. The van der Waals surface area contributed by atoms with Crippen molar-refractivity contribution < 1.29 is 13.2 Å². The number of fused-ring (bicyclic) bond motifs is 2. The number of amides is 1. The molecule has 0 aromatic rings. The molecule has 2 bridgehead atoms. The first-order valence-electron chi connectivity index (χ1n) is 11.5. The highest BCUT2D eigenvalue weighted by molar-refractivity contribution is 7.89. The van der Waals surface area contributed by atoms with E-state index in [1.54, 1.807) is 4.31 Å². The SMILES string of the molecule is NC(=O)[C@]12C[CH]C[C@H](CC1)N2CCN1CCN(S(=O)(=O)CC2CCCCC2)CC1. The predicted molar refractivity (Wildman–Crippen MR) is 114 cm³/mol. The second kappa shape index (κ2) is 8.81. The van der Waals surface area contributed by atoms with Gasteiger partial charge < -0.3 is 5.73 Å². The molecule has 1 amide bonds. The Kier molecular flexibility index (Phi) is 6.54. The van der Waals surface area contributed by atoms with Crippen LogP contribution >= 0.6 is 0 Å². The number of rotatable bonds is 7. The van der Waals surface area contributed by atoms with Gasteiger partial charge in [0.2, 0.25) is 15.9 Å². The van der Waals surface area contributed by atoms with Crippen LogP contribution in [0.2, 0.25) is 0 Å². The first-order chi connectivity index (χ1) is 13.9. The summed E-state index contributed by atoms with van der Waals surface area (Å²) in [5, 5.41) is 0. The van der Waals surface area contributed by atoms with Crippen molar-refractivity contribution in [1.82, 2.24) is 14.1 Å². The molecule has 3 saturated heterocycles. The molecule has 165 valence electrons. The monoisotopic (exact) mass is 425 g/mol. The fourth-order valence-electron chi connectivity index (χ4n) is 6.03. The van der Waals surface area contributed by atoms with E-state index in [1.807, 2.05) is 0 Å². The van der Waals surface area contributed by atoms with Gasteiger partial charge in [-0.3, -0.25) is 14.6 Å². The molecule has 1 saturated carbocycles. The normalized spacial score (nSPS) is 33.2. The fraction of sp³-hybridized carbons (Fsp3) is 0.905. The molecule has 4 aliphatic rings. The van der Waals surface area contributed by atoms with Gasteiger partial charge in [0.05, 0.1) is 5.75 Å². The van der Waals surface area contributed by atoms with Crippen LogP contribution in [-0.2, 0) is 14.8 Å². The Balaban J connectivity index is 1.26. The minimum atomic E-state index is -3.14. The lowest BCUT2D eigenvalue weighted by Gasteiger charge is -2.44. The maximum Gasteiger partial charge on any atom is 0.237 e. The summed E-state index contributed by atoms with van der Waals surface area (Å²) in [6, 6.07) is 0.438. The van der Waals surface area contributed by atoms with E-state index in [4.69, 9.17) is 5.73 Å². The van der Waals surface area contributed by atoms with Crippen molar-refractivity contribution in [3.8, 4) is 0 Å². The summed E-state index contributed by atoms with van der Waals surface area (Å²) < 4.78 is 27.4. The summed E-state index contributed by atoms with van der Waals surface area (Å²) in [5.74, 6) is 0.498. The van der Waals surface area contributed by atoms with Crippen LogP contribution in [0.4, 0.5) is 0 Å². The van der Waals surface area contributed by atoms with Crippen LogP contribution in [0.25, 0.3) is 0 Å². The quantitative estimate of drug-likeness (QED) is 0.662. The average Bonchev–Trinajstić information content (AvgIpc) is 2.91. The van der Waals surface area contributed by atoms with E-state index in [0.29, 0.717) is 30.8 Å². The molecule has 4 fully saturated rings. The highest BCUT2D eigenvalue weighted by Gasteiger charge is 2.52. The zero-order chi connectivity index (χ0) is 20.5. The molecule has 1 aliphatic carbocycles. The van der Waals surface area contributed by atoms with Gasteiger partial charge in [-0.1, -0.05) is 19.3 Å². The summed E-state index contributed by atoms with van der Waals surface area (Å²) in [4.78, 5) is 16.9. The first kappa shape index (κ1) is 21.5. The molecule has 8 heteroatoms. The number of hydrogen-bond donors (Lipinski definition) is 1. The second-order valence-electron chi connectivity index (χ2n) is 9.53. The number of piperazine rings is 1. The Morgan fingerprint density at radius 3 is 2.45 bits per heavy atom. The number of piperidine rings is 1. The van der Waals surface area contributed by atoms with E-state index in [1.165, 1.54) is 19.3 Å². The molecule has 29 heavy (non-hydrogen) atoms. The van der Waals surface area contributed by atoms with Gasteiger partial charge in [-0.05, 0) is 50.9 Å². The topological polar surface area (TPSA) is 87.0 Å². The number of carbonyl (C=O) groups is 1. The van der Waals surface area contributed by atoms with Gasteiger partial charge >= 0.3 is 0 Å². The van der Waals surface area contributed by atoms with E-state index in [0.717, 1.165) is 64.7 Å². The van der Waals surface area contributed by atoms with Crippen molar-refractivity contribution in [2.45, 2.75) is 69.4 Å². The largest absolute Gasteiger partial charge is 0.368 e. The zero-order valence-electron chi connectivity index (χ0n) is 17.6. The van der Waals surface area contributed by atoms with Gasteiger partial charge in [-0.2, -0.15) is 4.31 Å². The molecule has 2 atom stereocenters. The molecule has 3 heterocycles. The molecule has 1 radical (unpaired) electrons. The molecule has 0 spiro atoms. The molecule has 7 nitrogen and oxygen atoms in total. The summed E-state index contributed by atoms with van der Waals surface area (Å²) >= 11 is 0. The van der Waals surface area contributed by atoms with E-state index in [2.05, 4.69) is 16.2 Å². The summed E-state index contributed by atoms with van der Waals surface area (Å²) in [6.45, 7) is 4.45. The molecule has 0 unspecified atom stereocenters. The number of sulfonamides is 1. The molecule has 4 rings (SSSR count). The van der Waals surface area contributed by atoms with Crippen molar-refractivity contribution in [2.75, 3.05) is 45.0 Å². The summed E-state index contributed by atoms with van der Waals surface area (Å²) in [5.41, 5.74) is 5.32. The summed E-state index contributed by atoms with van der Waals surface area (Å²) in [7, 11) is -3.14. The second-order valence-corrected chi connectivity index (χ2v) is 11.5. The number of hydrogen-bond acceptors (Lipinski definition) is 5. The van der Waals surface area contributed by atoms with Gasteiger partial charge in [0.15, 0.2) is 0 Å². The van der Waals surface area contributed by atoms with E-state index in [9.17, 15) is 13.2 Å². The molecule has 0 aromatic carbocycles. The minimum absolute atomic E-state index is 0.186. The van der Waals surface area contributed by atoms with Crippen molar-refractivity contribution >= 4 is 15.9 Å². The Morgan fingerprint density at radius 2 is 1.76 bits per heavy atom. The Bertz CT molecular complexity index is 682. The number of carbonyl (C=O) groups excluding carboxylic acids is 1. The number of nitrogens with two attached hydrogens (primary N) is 1. The number of primary amides is 1. The molecular formula is C21H37N4O3S. The lowest BCUT2D eigenvalue weighted by atomic mass is 9.87. The van der Waals surface area contributed by atoms with Crippen LogP contribution in [0.15, 0.2) is 0 Å². The van der Waals surface area contributed by atoms with Crippen molar-refractivity contribution in [3.63, 3.8) is 0 Å². The third kappa shape index (κ3) is 4.50. The smallest absolute Gasteiger partial charge is 0.237 e. The predicted octanol–water partition coefficient (Wildman–Crippen LogP) is 1.20. The number of nitrogens with zero attached hydrogens (tertiary/aromatic N) is 3. The molecule has 3 aliphatic heterocycles. The lowest BCUT2D eigenvalue weighted by molar-refractivity contribution is -0.130. The van der Waals surface area contributed by atoms with Crippen LogP contribution < -0.4 is 5.73 Å². The van der Waals surface area contributed by atoms with Crippen LogP contribution in [0, 0.1) is 12.3 Å². The van der Waals surface area contributed by atoms with Gasteiger partial charge in [-0.15, -0.1) is 0 Å². The Hall–Kier alpha value is -0.700. The van der Waals surface area contributed by atoms with Crippen LogP contribution in [-0.4, -0.2) is 85.0 Å². The standard InChI is InChI=1S/C21H37N4O3S/c22-20(26)21-9-4-7-19(8-10-21)25(21)16-13-23-11-14-24(15-12-23)29(27,28)17-18-5-2-1-3-6-18/h4,18-19H,1-3,5-17H2,(H2,22,26)/t19-,21+/m1/s1. The van der Waals surface area contributed by atoms with E-state index in [-0.39, 0.29) is 5.91 Å². The van der Waals surface area contributed by atoms with Crippen LogP contribution in [0.5, 0.6) is 0 Å². The van der Waals surface area contributed by atoms with Crippen molar-refractivity contribution in [1.29, 1.82) is 0 Å². The van der Waals surface area contributed by atoms with Crippen LogP contribution in [0.1, 0.15) is 57.8 Å². The van der Waals surface area contributed by atoms with Crippen molar-refractivity contribution in [3.05, 3.63) is 6.42 Å². The summed E-state index contributed by atoms with van der Waals surface area (Å²) in [6.07, 6.45) is 11.7. The van der Waals surface area contributed by atoms with Gasteiger partial charge in [0, 0.05) is 45.3 Å². The Morgan fingerprint density at radius 1 is 1.03 bits per heavy atom. The molecule has 0 aromatic heterocycles. The van der Waals surface area contributed by atoms with E-state index < -0.39 is 15.6 Å². The first-order valence-corrected chi connectivity index (χ1v) is 13.1. The average molecular weight is 426 g/mol. The van der Waals surface area contributed by atoms with Crippen molar-refractivity contribution in [2.24, 2.45) is 11.7 Å².